The van der Waals surface area contributed by atoms with E-state index in [9.17, 15) is 13.2 Å². The maximum absolute atomic E-state index is 12.7. The molecule has 0 aliphatic carbocycles. The van der Waals surface area contributed by atoms with Crippen LogP contribution in [0.5, 0.6) is 0 Å². The first kappa shape index (κ1) is 16.5. The molecule has 0 bridgehead atoms. The summed E-state index contributed by atoms with van der Waals surface area (Å²) in [6.45, 7) is 3.01. The van der Waals surface area contributed by atoms with Crippen LogP contribution in [0.4, 0.5) is 13.2 Å². The van der Waals surface area contributed by atoms with Gasteiger partial charge in [0, 0.05) is 12.0 Å². The van der Waals surface area contributed by atoms with Crippen molar-refractivity contribution in [2.24, 2.45) is 5.92 Å². The second-order valence-electron chi connectivity index (χ2n) is 6.53. The zero-order valence-electron chi connectivity index (χ0n) is 13.5. The summed E-state index contributed by atoms with van der Waals surface area (Å²) in [6.07, 6.45) is -2.08. The van der Waals surface area contributed by atoms with Crippen molar-refractivity contribution < 1.29 is 17.9 Å². The molecular formula is C16H18F3N5O. The molecule has 2 fully saturated rings. The summed E-state index contributed by atoms with van der Waals surface area (Å²) in [6, 6.07) is 5.23. The highest BCUT2D eigenvalue weighted by molar-refractivity contribution is 5.35. The molecule has 0 amide bonds. The number of likely N-dealkylation sites (tertiary alicyclic amines) is 1. The quantitative estimate of drug-likeness (QED) is 0.847. The highest BCUT2D eigenvalue weighted by atomic mass is 19.4. The van der Waals surface area contributed by atoms with Crippen LogP contribution in [-0.2, 0) is 17.5 Å². The van der Waals surface area contributed by atoms with Crippen LogP contribution in [0.15, 0.2) is 24.3 Å². The number of rotatable bonds is 3. The minimum atomic E-state index is -4.35. The van der Waals surface area contributed by atoms with Gasteiger partial charge in [0.05, 0.1) is 31.0 Å². The molecule has 2 atom stereocenters. The summed E-state index contributed by atoms with van der Waals surface area (Å²) in [5.74, 6) is 1.16. The minimum absolute atomic E-state index is 0.367. The van der Waals surface area contributed by atoms with Gasteiger partial charge in [-0.15, -0.1) is 5.10 Å². The number of fused-ring (bicyclic) bond motifs is 1. The molecule has 1 aromatic carbocycles. The number of aromatic nitrogens is 4. The Morgan fingerprint density at radius 1 is 1.16 bits per heavy atom. The number of hydrogen-bond acceptors (Lipinski definition) is 5. The third-order valence-electron chi connectivity index (χ3n) is 4.97. The Kier molecular flexibility index (Phi) is 4.20. The minimum Gasteiger partial charge on any atom is -0.379 e. The molecule has 0 saturated carbocycles. The summed E-state index contributed by atoms with van der Waals surface area (Å²) in [5, 5.41) is 11.7. The fraction of sp³-hybridized carbons (Fsp3) is 0.562. The van der Waals surface area contributed by atoms with Crippen LogP contribution in [0.1, 0.15) is 24.2 Å². The first-order valence-corrected chi connectivity index (χ1v) is 8.29. The Morgan fingerprint density at radius 3 is 2.72 bits per heavy atom. The first-order chi connectivity index (χ1) is 12.0. The number of ether oxygens (including phenoxy) is 1. The Balaban J connectivity index is 1.54. The predicted molar refractivity (Wildman–Crippen MR) is 81.9 cm³/mol. The Morgan fingerprint density at radius 2 is 1.96 bits per heavy atom. The number of tetrazole rings is 1. The predicted octanol–water partition coefficient (Wildman–Crippen LogP) is 2.29. The lowest BCUT2D eigenvalue weighted by Crippen LogP contribution is -2.44. The van der Waals surface area contributed by atoms with Crippen LogP contribution in [-0.4, -0.2) is 50.9 Å². The Labute approximate surface area is 142 Å². The number of hydrogen-bond donors (Lipinski definition) is 0. The summed E-state index contributed by atoms with van der Waals surface area (Å²) in [5.41, 5.74) is -0.169. The average molecular weight is 353 g/mol. The first-order valence-electron chi connectivity index (χ1n) is 8.29. The van der Waals surface area contributed by atoms with Gasteiger partial charge in [-0.1, -0.05) is 0 Å². The topological polar surface area (TPSA) is 56.1 Å². The molecule has 0 unspecified atom stereocenters. The van der Waals surface area contributed by atoms with Gasteiger partial charge in [-0.2, -0.15) is 17.9 Å². The van der Waals surface area contributed by atoms with Gasteiger partial charge in [-0.3, -0.25) is 4.90 Å². The van der Waals surface area contributed by atoms with Gasteiger partial charge in [-0.25, -0.2) is 0 Å². The summed E-state index contributed by atoms with van der Waals surface area (Å²) in [7, 11) is 0. The second-order valence-corrected chi connectivity index (χ2v) is 6.53. The lowest BCUT2D eigenvalue weighted by atomic mass is 9.92. The largest absolute Gasteiger partial charge is 0.416 e. The van der Waals surface area contributed by atoms with Crippen molar-refractivity contribution in [3.05, 3.63) is 35.7 Å². The van der Waals surface area contributed by atoms with Gasteiger partial charge in [0.2, 0.25) is 0 Å². The average Bonchev–Trinajstić information content (AvgIpc) is 3.23. The van der Waals surface area contributed by atoms with Gasteiger partial charge < -0.3 is 4.74 Å². The fourth-order valence-electron chi connectivity index (χ4n) is 3.66. The zero-order valence-corrected chi connectivity index (χ0v) is 13.5. The standard InChI is InChI=1S/C16H18F3N5O/c17-16(18,19)12-3-5-13(6-4-12)24-15(20-21-22-24)8-23-7-1-2-11-9-25-10-14(11)23/h3-6,11,14H,1-2,7-10H2/t11-,14+/m1/s1. The summed E-state index contributed by atoms with van der Waals surface area (Å²) in [4.78, 5) is 2.31. The highest BCUT2D eigenvalue weighted by Crippen LogP contribution is 2.31. The second kappa shape index (κ2) is 6.38. The molecule has 134 valence electrons. The number of halogens is 3. The van der Waals surface area contributed by atoms with Crippen LogP contribution >= 0.6 is 0 Å². The van der Waals surface area contributed by atoms with E-state index in [0.717, 1.165) is 31.7 Å². The maximum Gasteiger partial charge on any atom is 0.416 e. The number of benzene rings is 1. The Hall–Kier alpha value is -2.00. The monoisotopic (exact) mass is 353 g/mol. The lowest BCUT2D eigenvalue weighted by molar-refractivity contribution is -0.137. The third-order valence-corrected chi connectivity index (χ3v) is 4.97. The molecule has 4 rings (SSSR count). The molecule has 0 N–H and O–H groups in total. The van der Waals surface area contributed by atoms with Gasteiger partial charge in [0.15, 0.2) is 5.82 Å². The third kappa shape index (κ3) is 3.25. The molecule has 2 aromatic rings. The molecule has 6 nitrogen and oxygen atoms in total. The van der Waals surface area contributed by atoms with Crippen LogP contribution in [0.2, 0.25) is 0 Å². The summed E-state index contributed by atoms with van der Waals surface area (Å²) < 4.78 is 45.2. The smallest absolute Gasteiger partial charge is 0.379 e. The Bertz CT molecular complexity index is 730. The molecule has 25 heavy (non-hydrogen) atoms. The van der Waals surface area contributed by atoms with Crippen LogP contribution < -0.4 is 0 Å². The molecular weight excluding hydrogens is 335 g/mol. The van der Waals surface area contributed by atoms with E-state index < -0.39 is 11.7 Å². The van der Waals surface area contributed by atoms with Crippen molar-refractivity contribution in [1.29, 1.82) is 0 Å². The maximum atomic E-state index is 12.7. The normalized spacial score (nSPS) is 24.4. The van der Waals surface area contributed by atoms with E-state index in [-0.39, 0.29) is 0 Å². The zero-order chi connectivity index (χ0) is 17.4. The van der Waals surface area contributed by atoms with Crippen LogP contribution in [0.25, 0.3) is 5.69 Å². The SMILES string of the molecule is FC(F)(F)c1ccc(-n2nnnc2CN2CCC[C@@H]3COC[C@@H]32)cc1. The number of piperidine rings is 1. The van der Waals surface area contributed by atoms with E-state index in [1.165, 1.54) is 23.2 Å². The van der Waals surface area contributed by atoms with E-state index in [4.69, 9.17) is 4.74 Å². The van der Waals surface area contributed by atoms with Crippen molar-refractivity contribution in [1.82, 2.24) is 25.1 Å². The van der Waals surface area contributed by atoms with E-state index in [0.29, 0.717) is 36.6 Å². The van der Waals surface area contributed by atoms with Gasteiger partial charge in [0.25, 0.3) is 0 Å². The van der Waals surface area contributed by atoms with Gasteiger partial charge in [-0.05, 0) is 54.1 Å². The van der Waals surface area contributed by atoms with Crippen molar-refractivity contribution in [3.8, 4) is 5.69 Å². The van der Waals surface area contributed by atoms with Crippen LogP contribution in [0, 0.1) is 5.92 Å². The summed E-state index contributed by atoms with van der Waals surface area (Å²) >= 11 is 0. The van der Waals surface area contributed by atoms with E-state index in [1.807, 2.05) is 0 Å². The number of alkyl halides is 3. The lowest BCUT2D eigenvalue weighted by Gasteiger charge is -2.35. The van der Waals surface area contributed by atoms with Crippen molar-refractivity contribution >= 4 is 0 Å². The van der Waals surface area contributed by atoms with E-state index in [1.54, 1.807) is 0 Å². The van der Waals surface area contributed by atoms with Crippen molar-refractivity contribution in [2.45, 2.75) is 31.6 Å². The van der Waals surface area contributed by atoms with E-state index >= 15 is 0 Å². The molecule has 1 aromatic heterocycles. The van der Waals surface area contributed by atoms with E-state index in [2.05, 4.69) is 20.4 Å². The molecule has 3 heterocycles. The molecule has 0 radical (unpaired) electrons. The molecule has 2 aliphatic rings. The van der Waals surface area contributed by atoms with Gasteiger partial charge in [0.1, 0.15) is 0 Å². The van der Waals surface area contributed by atoms with Crippen molar-refractivity contribution in [2.75, 3.05) is 19.8 Å². The molecule has 2 aliphatic heterocycles. The highest BCUT2D eigenvalue weighted by Gasteiger charge is 2.36. The molecule has 2 saturated heterocycles. The molecule has 9 heteroatoms. The van der Waals surface area contributed by atoms with Crippen molar-refractivity contribution in [3.63, 3.8) is 0 Å². The molecule has 0 spiro atoms. The van der Waals surface area contributed by atoms with Crippen LogP contribution in [0.3, 0.4) is 0 Å². The number of nitrogens with zero attached hydrogens (tertiary/aromatic N) is 5. The van der Waals surface area contributed by atoms with Gasteiger partial charge >= 0.3 is 6.18 Å². The fourth-order valence-corrected chi connectivity index (χ4v) is 3.66.